The topological polar surface area (TPSA) is 53.9 Å². The van der Waals surface area contributed by atoms with Gasteiger partial charge in [0.15, 0.2) is 5.82 Å². The van der Waals surface area contributed by atoms with Gasteiger partial charge in [-0.05, 0) is 30.9 Å². The first-order valence-corrected chi connectivity index (χ1v) is 7.72. The Labute approximate surface area is 124 Å². The summed E-state index contributed by atoms with van der Waals surface area (Å²) in [6.45, 7) is 0.925. The van der Waals surface area contributed by atoms with Crippen LogP contribution in [0.15, 0.2) is 30.5 Å². The lowest BCUT2D eigenvalue weighted by Gasteiger charge is -2.18. The molecular weight excluding hydrogens is 262 g/mol. The smallest absolute Gasteiger partial charge is 0.251 e. The summed E-state index contributed by atoms with van der Waals surface area (Å²) in [4.78, 5) is 6.81. The van der Waals surface area contributed by atoms with E-state index in [4.69, 9.17) is 0 Å². The molecule has 0 unspecified atom stereocenters. The van der Waals surface area contributed by atoms with Gasteiger partial charge in [-0.25, -0.2) is 0 Å². The first kappa shape index (κ1) is 12.6. The van der Waals surface area contributed by atoms with Gasteiger partial charge in [-0.2, -0.15) is 10.1 Å². The van der Waals surface area contributed by atoms with Gasteiger partial charge in [0.2, 0.25) is 0 Å². The maximum atomic E-state index is 4.66. The molecule has 0 amide bonds. The lowest BCUT2D eigenvalue weighted by atomic mass is 10.2. The third-order valence-electron chi connectivity index (χ3n) is 4.38. The quantitative estimate of drug-likeness (QED) is 0.937. The molecule has 0 spiro atoms. The molecule has 0 radical (unpaired) electrons. The second kappa shape index (κ2) is 5.31. The van der Waals surface area contributed by atoms with Gasteiger partial charge in [-0.1, -0.05) is 31.0 Å². The number of nitrogens with one attached hydrogen (secondary N) is 1. The SMILES string of the molecule is c1ccc2c(c1)CCN2c1nncc(NC2CCCC2)n1. The van der Waals surface area contributed by atoms with Gasteiger partial charge < -0.3 is 10.2 Å². The van der Waals surface area contributed by atoms with Gasteiger partial charge in [-0.3, -0.25) is 0 Å². The number of para-hydroxylation sites is 1. The van der Waals surface area contributed by atoms with Gasteiger partial charge in [-0.15, -0.1) is 5.10 Å². The lowest BCUT2D eigenvalue weighted by molar-refractivity contribution is 0.745. The van der Waals surface area contributed by atoms with Crippen LogP contribution in [0.25, 0.3) is 0 Å². The molecule has 0 saturated heterocycles. The Morgan fingerprint density at radius 1 is 1.14 bits per heavy atom. The predicted octanol–water partition coefficient (Wildman–Crippen LogP) is 2.92. The second-order valence-corrected chi connectivity index (χ2v) is 5.80. The van der Waals surface area contributed by atoms with Gasteiger partial charge >= 0.3 is 0 Å². The highest BCUT2D eigenvalue weighted by Gasteiger charge is 2.23. The molecule has 2 aliphatic rings. The van der Waals surface area contributed by atoms with Crippen LogP contribution in [0.3, 0.4) is 0 Å². The summed E-state index contributed by atoms with van der Waals surface area (Å²) in [6.07, 6.45) is 7.84. The zero-order valence-corrected chi connectivity index (χ0v) is 12.0. The molecule has 4 rings (SSSR count). The highest BCUT2D eigenvalue weighted by molar-refractivity contribution is 5.65. The van der Waals surface area contributed by atoms with Crippen LogP contribution >= 0.6 is 0 Å². The fourth-order valence-corrected chi connectivity index (χ4v) is 3.30. The normalized spacial score (nSPS) is 18.0. The fourth-order valence-electron chi connectivity index (χ4n) is 3.30. The molecule has 1 N–H and O–H groups in total. The van der Waals surface area contributed by atoms with Crippen molar-refractivity contribution in [2.45, 2.75) is 38.1 Å². The Morgan fingerprint density at radius 2 is 2.00 bits per heavy atom. The van der Waals surface area contributed by atoms with E-state index in [9.17, 15) is 0 Å². The van der Waals surface area contributed by atoms with Crippen molar-refractivity contribution in [1.82, 2.24) is 15.2 Å². The molecule has 21 heavy (non-hydrogen) atoms. The largest absolute Gasteiger partial charge is 0.366 e. The third-order valence-corrected chi connectivity index (χ3v) is 4.38. The molecule has 1 saturated carbocycles. The number of rotatable bonds is 3. The van der Waals surface area contributed by atoms with Crippen molar-refractivity contribution in [2.75, 3.05) is 16.8 Å². The minimum atomic E-state index is 0.542. The molecule has 1 aromatic heterocycles. The fraction of sp³-hybridized carbons (Fsp3) is 0.438. The molecule has 5 heteroatoms. The second-order valence-electron chi connectivity index (χ2n) is 5.80. The molecule has 1 aliphatic carbocycles. The predicted molar refractivity (Wildman–Crippen MR) is 82.9 cm³/mol. The van der Waals surface area contributed by atoms with Crippen LogP contribution in [0, 0.1) is 0 Å². The van der Waals surface area contributed by atoms with E-state index >= 15 is 0 Å². The number of nitrogens with zero attached hydrogens (tertiary/aromatic N) is 4. The number of aromatic nitrogens is 3. The Hall–Kier alpha value is -2.17. The summed E-state index contributed by atoms with van der Waals surface area (Å²) < 4.78 is 0. The summed E-state index contributed by atoms with van der Waals surface area (Å²) in [5, 5.41) is 11.8. The Morgan fingerprint density at radius 3 is 2.90 bits per heavy atom. The summed E-state index contributed by atoms with van der Waals surface area (Å²) in [7, 11) is 0. The van der Waals surface area contributed by atoms with Crippen molar-refractivity contribution < 1.29 is 0 Å². The van der Waals surface area contributed by atoms with Crippen LogP contribution in [0.2, 0.25) is 0 Å². The van der Waals surface area contributed by atoms with Crippen LogP contribution in [0.1, 0.15) is 31.2 Å². The monoisotopic (exact) mass is 281 g/mol. The molecule has 0 atom stereocenters. The summed E-state index contributed by atoms with van der Waals surface area (Å²) >= 11 is 0. The summed E-state index contributed by atoms with van der Waals surface area (Å²) in [5.74, 6) is 1.54. The average Bonchev–Trinajstić information content (AvgIpc) is 3.16. The first-order chi connectivity index (χ1) is 10.4. The van der Waals surface area contributed by atoms with Crippen LogP contribution in [-0.4, -0.2) is 27.8 Å². The van der Waals surface area contributed by atoms with Crippen molar-refractivity contribution >= 4 is 17.5 Å². The number of fused-ring (bicyclic) bond motifs is 1. The van der Waals surface area contributed by atoms with Gasteiger partial charge in [0.05, 0.1) is 6.20 Å². The third kappa shape index (κ3) is 2.44. The van der Waals surface area contributed by atoms with Crippen LogP contribution in [0.5, 0.6) is 0 Å². The molecule has 108 valence electrons. The molecule has 1 fully saturated rings. The molecule has 5 nitrogen and oxygen atoms in total. The maximum Gasteiger partial charge on any atom is 0.251 e. The Bertz CT molecular complexity index is 636. The molecule has 2 heterocycles. The van der Waals surface area contributed by atoms with Crippen molar-refractivity contribution in [3.63, 3.8) is 0 Å². The van der Waals surface area contributed by atoms with E-state index in [0.29, 0.717) is 12.0 Å². The number of hydrogen-bond donors (Lipinski definition) is 1. The van der Waals surface area contributed by atoms with Crippen LogP contribution in [-0.2, 0) is 6.42 Å². The van der Waals surface area contributed by atoms with Gasteiger partial charge in [0.25, 0.3) is 5.95 Å². The zero-order valence-electron chi connectivity index (χ0n) is 12.0. The maximum absolute atomic E-state index is 4.66. The minimum absolute atomic E-state index is 0.542. The number of anilines is 3. The standard InChI is InChI=1S/C16H19N5/c1-4-8-14-12(5-1)9-10-21(14)16-19-15(11-17-20-16)18-13-6-2-3-7-13/h1,4-5,8,11,13H,2-3,6-7,9-10H2,(H,18,19,20). The highest BCUT2D eigenvalue weighted by Crippen LogP contribution is 2.32. The Kier molecular flexibility index (Phi) is 3.18. The number of benzene rings is 1. The van der Waals surface area contributed by atoms with E-state index in [1.807, 2.05) is 0 Å². The molecular formula is C16H19N5. The Balaban J connectivity index is 1.58. The van der Waals surface area contributed by atoms with Gasteiger partial charge in [0, 0.05) is 18.3 Å². The van der Waals surface area contributed by atoms with E-state index in [-0.39, 0.29) is 0 Å². The van der Waals surface area contributed by atoms with E-state index in [1.165, 1.54) is 36.9 Å². The van der Waals surface area contributed by atoms with Crippen LogP contribution in [0.4, 0.5) is 17.5 Å². The summed E-state index contributed by atoms with van der Waals surface area (Å²) in [5.41, 5.74) is 2.56. The molecule has 1 aliphatic heterocycles. The highest BCUT2D eigenvalue weighted by atomic mass is 15.3. The van der Waals surface area contributed by atoms with Crippen molar-refractivity contribution in [3.8, 4) is 0 Å². The number of hydrogen-bond acceptors (Lipinski definition) is 5. The lowest BCUT2D eigenvalue weighted by Crippen LogP contribution is -2.20. The first-order valence-electron chi connectivity index (χ1n) is 7.72. The van der Waals surface area contributed by atoms with Crippen molar-refractivity contribution in [2.24, 2.45) is 0 Å². The zero-order chi connectivity index (χ0) is 14.1. The summed E-state index contributed by atoms with van der Waals surface area (Å²) in [6, 6.07) is 8.98. The van der Waals surface area contributed by atoms with E-state index in [1.54, 1.807) is 6.20 Å². The van der Waals surface area contributed by atoms with Crippen LogP contribution < -0.4 is 10.2 Å². The molecule has 2 aromatic rings. The molecule has 1 aromatic carbocycles. The molecule has 0 bridgehead atoms. The average molecular weight is 281 g/mol. The van der Waals surface area contributed by atoms with E-state index in [2.05, 4.69) is 49.7 Å². The van der Waals surface area contributed by atoms with E-state index in [0.717, 1.165) is 18.8 Å². The van der Waals surface area contributed by atoms with Gasteiger partial charge in [0.1, 0.15) is 0 Å². The minimum Gasteiger partial charge on any atom is -0.366 e. The van der Waals surface area contributed by atoms with Crippen molar-refractivity contribution in [3.05, 3.63) is 36.0 Å². The van der Waals surface area contributed by atoms with E-state index < -0.39 is 0 Å². The van der Waals surface area contributed by atoms with Crippen molar-refractivity contribution in [1.29, 1.82) is 0 Å².